The highest BCUT2D eigenvalue weighted by molar-refractivity contribution is 6.43. The zero-order valence-corrected chi connectivity index (χ0v) is 19.5. The van der Waals surface area contributed by atoms with Crippen molar-refractivity contribution in [1.29, 1.82) is 0 Å². The summed E-state index contributed by atoms with van der Waals surface area (Å²) >= 11 is 0. The van der Waals surface area contributed by atoms with Crippen LogP contribution in [-0.4, -0.2) is 30.4 Å². The first-order valence-corrected chi connectivity index (χ1v) is 11.6. The summed E-state index contributed by atoms with van der Waals surface area (Å²) in [5.74, 6) is -2.34. The third kappa shape index (κ3) is 10.8. The summed E-state index contributed by atoms with van der Waals surface area (Å²) in [6.45, 7) is 2.54. The summed E-state index contributed by atoms with van der Waals surface area (Å²) < 4.78 is 10.3. The van der Waals surface area contributed by atoms with Crippen LogP contribution in [-0.2, 0) is 23.9 Å². The molecule has 2 aromatic carbocycles. The number of hydrogen-bond acceptors (Lipinski definition) is 6. The fourth-order valence-corrected chi connectivity index (χ4v) is 3.03. The molecule has 0 bridgehead atoms. The number of nitrogens with one attached hydrogen (secondary N) is 2. The van der Waals surface area contributed by atoms with Gasteiger partial charge in [-0.1, -0.05) is 57.2 Å². The van der Waals surface area contributed by atoms with E-state index >= 15 is 0 Å². The van der Waals surface area contributed by atoms with Crippen LogP contribution in [0.3, 0.4) is 0 Å². The Labute approximate surface area is 200 Å². The molecule has 0 spiro atoms. The van der Waals surface area contributed by atoms with E-state index in [0.29, 0.717) is 18.0 Å². The van der Waals surface area contributed by atoms with Gasteiger partial charge in [0.15, 0.2) is 0 Å². The van der Waals surface area contributed by atoms with Crippen molar-refractivity contribution in [2.75, 3.05) is 17.2 Å². The van der Waals surface area contributed by atoms with Crippen LogP contribution in [0.2, 0.25) is 0 Å². The normalized spacial score (nSPS) is 10.3. The lowest BCUT2D eigenvalue weighted by Crippen LogP contribution is -2.29. The van der Waals surface area contributed by atoms with Gasteiger partial charge in [-0.3, -0.25) is 19.2 Å². The average molecular weight is 469 g/mol. The Hall–Kier alpha value is -3.68. The summed E-state index contributed by atoms with van der Waals surface area (Å²) in [5, 5.41) is 4.96. The number of carbonyl (C=O) groups is 4. The Kier molecular flexibility index (Phi) is 11.9. The summed E-state index contributed by atoms with van der Waals surface area (Å²) in [5.41, 5.74) is 0.877. The smallest absolute Gasteiger partial charge is 0.314 e. The molecule has 0 aliphatic rings. The van der Waals surface area contributed by atoms with Gasteiger partial charge in [-0.2, -0.15) is 0 Å². The molecule has 0 fully saturated rings. The minimum absolute atomic E-state index is 0.0423. The predicted octanol–water partition coefficient (Wildman–Crippen LogP) is 4.85. The molecule has 182 valence electrons. The number of benzene rings is 2. The van der Waals surface area contributed by atoms with Crippen LogP contribution in [0.1, 0.15) is 58.3 Å². The third-order valence-corrected chi connectivity index (χ3v) is 4.88. The maximum absolute atomic E-state index is 12.0. The summed E-state index contributed by atoms with van der Waals surface area (Å²) in [6.07, 6.45) is 6.49. The van der Waals surface area contributed by atoms with Crippen LogP contribution < -0.4 is 15.4 Å². The second-order valence-electron chi connectivity index (χ2n) is 7.76. The van der Waals surface area contributed by atoms with E-state index in [4.69, 9.17) is 9.47 Å². The van der Waals surface area contributed by atoms with Gasteiger partial charge in [0.1, 0.15) is 5.75 Å². The number of hydrogen-bond donors (Lipinski definition) is 2. The first-order valence-electron chi connectivity index (χ1n) is 11.6. The molecule has 0 aliphatic carbocycles. The molecule has 34 heavy (non-hydrogen) atoms. The molecular weight excluding hydrogens is 436 g/mol. The fraction of sp³-hybridized carbons (Fsp3) is 0.385. The Morgan fingerprint density at radius 3 is 1.88 bits per heavy atom. The van der Waals surface area contributed by atoms with Crippen LogP contribution in [0, 0.1) is 0 Å². The lowest BCUT2D eigenvalue weighted by atomic mass is 10.1. The lowest BCUT2D eigenvalue weighted by Gasteiger charge is -2.08. The Bertz CT molecular complexity index is 928. The number of rotatable bonds is 13. The van der Waals surface area contributed by atoms with Gasteiger partial charge in [0.25, 0.3) is 0 Å². The molecule has 0 radical (unpaired) electrons. The zero-order valence-electron chi connectivity index (χ0n) is 19.5. The van der Waals surface area contributed by atoms with Gasteiger partial charge in [-0.05, 0) is 42.8 Å². The standard InChI is InChI=1S/C26H32N2O6/c1-2-3-4-5-6-10-19-33-23(29)17-18-24(30)34-22-15-13-21(14-16-22)28-26(32)25(31)27-20-11-8-7-9-12-20/h7-9,11-16H,2-6,10,17-19H2,1H3,(H,27,31)(H,28,32). The second-order valence-corrected chi connectivity index (χ2v) is 7.76. The van der Waals surface area contributed by atoms with E-state index in [0.717, 1.165) is 19.3 Å². The van der Waals surface area contributed by atoms with Crippen molar-refractivity contribution >= 4 is 35.1 Å². The molecule has 0 aromatic heterocycles. The first kappa shape index (κ1) is 26.6. The molecule has 0 unspecified atom stereocenters. The van der Waals surface area contributed by atoms with E-state index in [1.807, 2.05) is 0 Å². The quantitative estimate of drug-likeness (QED) is 0.188. The third-order valence-electron chi connectivity index (χ3n) is 4.88. The molecule has 0 heterocycles. The molecule has 8 nitrogen and oxygen atoms in total. The Morgan fingerprint density at radius 2 is 1.24 bits per heavy atom. The topological polar surface area (TPSA) is 111 Å². The predicted molar refractivity (Wildman–Crippen MR) is 129 cm³/mol. The van der Waals surface area contributed by atoms with E-state index in [9.17, 15) is 19.2 Å². The molecule has 0 saturated carbocycles. The van der Waals surface area contributed by atoms with Gasteiger partial charge in [-0.15, -0.1) is 0 Å². The number of para-hydroxylation sites is 1. The molecule has 2 N–H and O–H groups in total. The van der Waals surface area contributed by atoms with Crippen LogP contribution in [0.25, 0.3) is 0 Å². The largest absolute Gasteiger partial charge is 0.466 e. The number of carbonyl (C=O) groups excluding carboxylic acids is 4. The first-order chi connectivity index (χ1) is 16.5. The maximum atomic E-state index is 12.0. The maximum Gasteiger partial charge on any atom is 0.314 e. The van der Waals surface area contributed by atoms with Crippen LogP contribution >= 0.6 is 0 Å². The van der Waals surface area contributed by atoms with Gasteiger partial charge in [0, 0.05) is 11.4 Å². The molecule has 2 rings (SSSR count). The van der Waals surface area contributed by atoms with Crippen molar-refractivity contribution in [3.8, 4) is 5.75 Å². The van der Waals surface area contributed by atoms with Crippen molar-refractivity contribution in [3.63, 3.8) is 0 Å². The second kappa shape index (κ2) is 15.2. The van der Waals surface area contributed by atoms with E-state index in [1.54, 1.807) is 30.3 Å². The van der Waals surface area contributed by atoms with Crippen LogP contribution in [0.15, 0.2) is 54.6 Å². The number of esters is 2. The van der Waals surface area contributed by atoms with E-state index in [1.165, 1.54) is 43.5 Å². The lowest BCUT2D eigenvalue weighted by molar-refractivity contribution is -0.147. The number of amides is 2. The van der Waals surface area contributed by atoms with Crippen molar-refractivity contribution in [2.24, 2.45) is 0 Å². The monoisotopic (exact) mass is 468 g/mol. The zero-order chi connectivity index (χ0) is 24.6. The van der Waals surface area contributed by atoms with Gasteiger partial charge in [0.05, 0.1) is 19.4 Å². The van der Waals surface area contributed by atoms with Crippen LogP contribution in [0.5, 0.6) is 5.75 Å². The van der Waals surface area contributed by atoms with Crippen molar-refractivity contribution in [2.45, 2.75) is 58.3 Å². The van der Waals surface area contributed by atoms with Gasteiger partial charge in [0.2, 0.25) is 0 Å². The summed E-state index contributed by atoms with van der Waals surface area (Å²) in [4.78, 5) is 47.7. The van der Waals surface area contributed by atoms with Crippen LogP contribution in [0.4, 0.5) is 11.4 Å². The molecule has 2 amide bonds. The SMILES string of the molecule is CCCCCCCCOC(=O)CCC(=O)Oc1ccc(NC(=O)C(=O)Nc2ccccc2)cc1. The van der Waals surface area contributed by atoms with E-state index in [-0.39, 0.29) is 18.6 Å². The molecule has 0 atom stereocenters. The molecule has 0 saturated heterocycles. The highest BCUT2D eigenvalue weighted by atomic mass is 16.5. The number of unbranched alkanes of at least 4 members (excludes halogenated alkanes) is 5. The van der Waals surface area contributed by atoms with E-state index in [2.05, 4.69) is 17.6 Å². The highest BCUT2D eigenvalue weighted by Gasteiger charge is 2.14. The fourth-order valence-electron chi connectivity index (χ4n) is 3.03. The van der Waals surface area contributed by atoms with E-state index < -0.39 is 23.8 Å². The van der Waals surface area contributed by atoms with Gasteiger partial charge in [-0.25, -0.2) is 0 Å². The number of anilines is 2. The molecule has 0 aliphatic heterocycles. The minimum atomic E-state index is -0.826. The number of ether oxygens (including phenoxy) is 2. The molecular formula is C26H32N2O6. The summed E-state index contributed by atoms with van der Waals surface area (Å²) in [6, 6.07) is 14.6. The molecule has 8 heteroatoms. The average Bonchev–Trinajstić information content (AvgIpc) is 2.84. The minimum Gasteiger partial charge on any atom is -0.466 e. The summed E-state index contributed by atoms with van der Waals surface area (Å²) in [7, 11) is 0. The van der Waals surface area contributed by atoms with Gasteiger partial charge >= 0.3 is 23.8 Å². The Morgan fingerprint density at radius 1 is 0.676 bits per heavy atom. The van der Waals surface area contributed by atoms with Crippen molar-refractivity contribution < 1.29 is 28.7 Å². The van der Waals surface area contributed by atoms with Gasteiger partial charge < -0.3 is 20.1 Å². The Balaban J connectivity index is 1.64. The van der Waals surface area contributed by atoms with Crippen molar-refractivity contribution in [1.82, 2.24) is 0 Å². The highest BCUT2D eigenvalue weighted by Crippen LogP contribution is 2.17. The van der Waals surface area contributed by atoms with Crippen molar-refractivity contribution in [3.05, 3.63) is 54.6 Å². The molecule has 2 aromatic rings.